The van der Waals surface area contributed by atoms with Gasteiger partial charge in [0.15, 0.2) is 36.2 Å². The van der Waals surface area contributed by atoms with Crippen LogP contribution in [0.2, 0.25) is 10.0 Å². The first-order valence-electron chi connectivity index (χ1n) is 39.0. The smallest absolute Gasteiger partial charge is 0.330 e. The molecule has 0 spiro atoms. The summed E-state index contributed by atoms with van der Waals surface area (Å²) >= 11 is 14.6. The molecule has 14 rings (SSSR count). The zero-order valence-corrected chi connectivity index (χ0v) is 67.0. The number of aliphatic hydroxyl groups is 6. The molecule has 9 heterocycles. The van der Waals surface area contributed by atoms with Crippen LogP contribution in [0.3, 0.4) is 0 Å². The average molecular weight is 1700 g/mol. The molecular formula is C80H98Cl2N10O27. The van der Waals surface area contributed by atoms with Gasteiger partial charge in [-0.2, -0.15) is 0 Å². The van der Waals surface area contributed by atoms with Crippen LogP contribution in [0.1, 0.15) is 170 Å². The van der Waals surface area contributed by atoms with Crippen LogP contribution >= 0.6 is 23.2 Å². The number of phenolic OH excluding ortho intramolecular Hbond substituents is 3. The third-order valence-corrected chi connectivity index (χ3v) is 23.1. The fourth-order valence-corrected chi connectivity index (χ4v) is 16.5. The first-order chi connectivity index (χ1) is 56.3. The Kier molecular flexibility index (Phi) is 26.9. The second kappa shape index (κ2) is 36.2. The van der Waals surface area contributed by atoms with Crippen molar-refractivity contribution in [2.45, 2.75) is 251 Å². The molecule has 22 N–H and O–H groups in total. The molecule has 8 amide bonds. The number of nitrogens with zero attached hydrogens (tertiary/aromatic N) is 1. The number of rotatable bonds is 18. The number of halogens is 2. The molecule has 4 saturated heterocycles. The van der Waals surface area contributed by atoms with Gasteiger partial charge in [0.2, 0.25) is 59.3 Å². The molecule has 9 aliphatic rings. The summed E-state index contributed by atoms with van der Waals surface area (Å²) in [6, 6.07) is -1.40. The predicted molar refractivity (Wildman–Crippen MR) is 416 cm³/mol. The Morgan fingerprint density at radius 1 is 0.639 bits per heavy atom. The van der Waals surface area contributed by atoms with Crippen molar-refractivity contribution in [1.29, 1.82) is 0 Å². The zero-order chi connectivity index (χ0) is 86.3. The van der Waals surface area contributed by atoms with Gasteiger partial charge >= 0.3 is 5.97 Å². The van der Waals surface area contributed by atoms with E-state index in [0.29, 0.717) is 12.8 Å². The van der Waals surface area contributed by atoms with E-state index in [4.69, 9.17) is 78.3 Å². The van der Waals surface area contributed by atoms with Crippen LogP contribution in [0, 0.1) is 0 Å². The van der Waals surface area contributed by atoms with Crippen molar-refractivity contribution >= 4 is 76.4 Å². The van der Waals surface area contributed by atoms with E-state index in [9.17, 15) is 70.2 Å². The van der Waals surface area contributed by atoms with Crippen LogP contribution in [0.25, 0.3) is 11.1 Å². The van der Waals surface area contributed by atoms with Crippen molar-refractivity contribution in [3.8, 4) is 57.1 Å². The molecule has 5 aromatic rings. The third kappa shape index (κ3) is 19.0. The zero-order valence-electron chi connectivity index (χ0n) is 65.5. The minimum atomic E-state index is -2.41. The Morgan fingerprint density at radius 2 is 1.23 bits per heavy atom. The molecule has 0 saturated carbocycles. The number of nitrogens with one attached hydrogen (secondary N) is 6. The van der Waals surface area contributed by atoms with Gasteiger partial charge in [-0.15, -0.1) is 0 Å². The van der Waals surface area contributed by atoms with Crippen molar-refractivity contribution < 1.29 is 132 Å². The summed E-state index contributed by atoms with van der Waals surface area (Å²) in [7, 11) is 0. The first-order valence-corrected chi connectivity index (χ1v) is 39.7. The lowest BCUT2D eigenvalue weighted by atomic mass is 9.86. The normalized spacial score (nSPS) is 32.3. The molecule has 1 unspecified atom stereocenters. The Labute approximate surface area is 691 Å². The molecule has 39 heteroatoms. The molecule has 11 bridgehead atoms. The number of carbonyl (C=O) groups is 9. The lowest BCUT2D eigenvalue weighted by Crippen LogP contribution is -2.64. The second-order valence-electron chi connectivity index (χ2n) is 31.7. The highest BCUT2D eigenvalue weighted by Gasteiger charge is 2.53. The van der Waals surface area contributed by atoms with Crippen LogP contribution in [0.5, 0.6) is 46.0 Å². The van der Waals surface area contributed by atoms with Crippen LogP contribution in [-0.4, -0.2) is 225 Å². The van der Waals surface area contributed by atoms with Gasteiger partial charge in [0.1, 0.15) is 95.5 Å². The molecule has 23 atom stereocenters. The summed E-state index contributed by atoms with van der Waals surface area (Å²) in [6.07, 6.45) is -18.7. The van der Waals surface area contributed by atoms with E-state index < -0.39 is 272 Å². The van der Waals surface area contributed by atoms with E-state index >= 15 is 24.0 Å². The quantitative estimate of drug-likeness (QED) is 0.0560. The molecule has 119 heavy (non-hydrogen) atoms. The SMILES string of the molecule is CCCCCCCC(=O)N1C(C)CC[C@@H]1C(=O)N[C@H]1C(=O)N[C@@H](CC(N)=O)C(=O)N[C@H]2C(=O)N[C@H]3C(=O)N[C@H](C(=O)N[C@H](C(=O)O)c4cc(O)cc(O)c4-c4cc3ccc4O)[C@H](O[C@H]3C[C@](C)(N)[C@@H](O)[C@H](C)O3)c3ccc(c(Cl)c3)Oc3cc2cc(c3O[C@@H]2O[C@H](CO)[C@@H](O)[C@H](O)[C@H]2O[C@H]2C[C@](C)(N)[C@@H](O)[C@H](C)O2)Oc2ccc(cc2Cl)[C@H]1O. The van der Waals surface area contributed by atoms with Crippen LogP contribution in [-0.2, 0) is 66.8 Å². The average Bonchev–Trinajstić information content (AvgIpc) is 1.16. The fraction of sp³-hybridized carbons (Fsp3) is 0.512. The number of carboxylic acids is 1. The minimum absolute atomic E-state index is 0.0919. The first kappa shape index (κ1) is 88.5. The van der Waals surface area contributed by atoms with Crippen molar-refractivity contribution in [2.75, 3.05) is 6.61 Å². The van der Waals surface area contributed by atoms with Gasteiger partial charge in [0.25, 0.3) is 0 Å². The Hall–Kier alpha value is -9.81. The highest BCUT2D eigenvalue weighted by molar-refractivity contribution is 6.32. The van der Waals surface area contributed by atoms with Crippen LogP contribution < -0.4 is 63.3 Å². The molecular weight excluding hydrogens is 1600 g/mol. The van der Waals surface area contributed by atoms with E-state index in [0.717, 1.165) is 80.3 Å². The van der Waals surface area contributed by atoms with Gasteiger partial charge in [-0.3, -0.25) is 38.4 Å². The Morgan fingerprint density at radius 3 is 1.83 bits per heavy atom. The number of aliphatic hydroxyl groups excluding tert-OH is 6. The van der Waals surface area contributed by atoms with Crippen LogP contribution in [0.15, 0.2) is 78.9 Å². The number of hydrogen-bond acceptors (Lipinski definition) is 28. The largest absolute Gasteiger partial charge is 0.508 e. The number of nitrogens with two attached hydrogens (primary N) is 3. The Bertz CT molecular complexity index is 4720. The number of hydrogen-bond donors (Lipinski definition) is 19. The van der Waals surface area contributed by atoms with Gasteiger partial charge in [0.05, 0.1) is 47.5 Å². The highest BCUT2D eigenvalue weighted by atomic mass is 35.5. The van der Waals surface area contributed by atoms with Crippen molar-refractivity contribution in [3.05, 3.63) is 117 Å². The van der Waals surface area contributed by atoms with Gasteiger partial charge in [-0.25, -0.2) is 4.79 Å². The number of likely N-dealkylation sites (tertiary alicyclic amines) is 1. The monoisotopic (exact) mass is 1700 g/mol. The molecule has 644 valence electrons. The summed E-state index contributed by atoms with van der Waals surface area (Å²) in [5.74, 6) is -16.7. The molecule has 5 aromatic carbocycles. The van der Waals surface area contributed by atoms with Crippen LogP contribution in [0.4, 0.5) is 0 Å². The number of carboxylic acid groups (broad SMARTS) is 1. The standard InChI is InChI=1S/C80H98Cl2N10O27/c1-7-8-9-10-11-12-54(98)92-32(2)13-17-45(92)72(105)90-61-63(99)36-15-19-48(42(81)22-36)114-50-24-38-25-51(67(50)119-78-68(65(101)64(100)52(31-93)116-78)118-56-30-80(6,85)70(103)34(4)113-56)115-49-20-16-37(23-43(49)82)66(117-55-29-79(5,84)69(102)33(3)112-55)62-76(109)89-60(77(110)111)41-26-39(94)27-47(96)57(41)40-21-35(14-18-46(40)95)58(73(106)91-62)88-74(107)59(38)87-71(104)44(28-53(83)97)86-75(61)108/h14-16,18-27,32-34,44-45,52,55-56,58-66,68-70,78,93-96,99-103H,7-13,17,28-31,84-85H2,1-6H3,(H2,83,97)(H,86,108)(H,87,104)(H,88,107)(H,89,109)(H,90,105)(H,91,106)(H,110,111)/t32?,33-,34-,44-,45+,52+,55-,56-,58+,59+,60-,61+,62-,63+,64+,65-,66+,68+,69-,70-,78-,79-,80-/m0/s1. The summed E-state index contributed by atoms with van der Waals surface area (Å²) in [4.78, 5) is 137. The van der Waals surface area contributed by atoms with Gasteiger partial charge in [0, 0.05) is 59.1 Å². The summed E-state index contributed by atoms with van der Waals surface area (Å²) in [5.41, 5.74) is 13.3. The van der Waals surface area contributed by atoms with Gasteiger partial charge in [-0.05, 0) is 131 Å². The predicted octanol–water partition coefficient (Wildman–Crippen LogP) is 2.45. The number of aliphatic carboxylic acids is 1. The molecule has 0 radical (unpaired) electrons. The molecule has 4 fully saturated rings. The topological polar surface area (TPSA) is 583 Å². The molecule has 0 aromatic heterocycles. The number of primary amides is 1. The molecule has 9 aliphatic heterocycles. The maximum atomic E-state index is 16.5. The fourth-order valence-electron chi connectivity index (χ4n) is 16.1. The number of amides is 8. The van der Waals surface area contributed by atoms with E-state index in [1.165, 1.54) is 56.9 Å². The number of carbonyl (C=O) groups excluding carboxylic acids is 8. The highest BCUT2D eigenvalue weighted by Crippen LogP contribution is 2.51. The maximum absolute atomic E-state index is 16.5. The van der Waals surface area contributed by atoms with E-state index in [-0.39, 0.29) is 54.0 Å². The lowest BCUT2D eigenvalue weighted by Gasteiger charge is -2.47. The number of phenols is 3. The second-order valence-corrected chi connectivity index (χ2v) is 32.5. The van der Waals surface area contributed by atoms with Gasteiger partial charge < -0.3 is 143 Å². The number of benzene rings is 5. The van der Waals surface area contributed by atoms with Crippen molar-refractivity contribution in [1.82, 2.24) is 36.8 Å². The number of ether oxygens (including phenoxy) is 8. The summed E-state index contributed by atoms with van der Waals surface area (Å²) in [6.45, 7) is 8.72. The lowest BCUT2D eigenvalue weighted by molar-refractivity contribution is -0.333. The Balaban J connectivity index is 1.09. The van der Waals surface area contributed by atoms with Gasteiger partial charge in [-0.1, -0.05) is 74.0 Å². The van der Waals surface area contributed by atoms with E-state index in [1.54, 1.807) is 6.92 Å². The van der Waals surface area contributed by atoms with E-state index in [1.807, 2.05) is 6.92 Å². The number of aromatic hydroxyl groups is 3. The van der Waals surface area contributed by atoms with Crippen molar-refractivity contribution in [3.63, 3.8) is 0 Å². The molecule has 37 nitrogen and oxygen atoms in total. The van der Waals surface area contributed by atoms with Crippen molar-refractivity contribution in [2.24, 2.45) is 17.2 Å². The minimum Gasteiger partial charge on any atom is -0.508 e. The third-order valence-electron chi connectivity index (χ3n) is 22.5. The number of unbranched alkanes of at least 4 members (excludes halogenated alkanes) is 4. The number of fused-ring (bicyclic) bond motifs is 15. The summed E-state index contributed by atoms with van der Waals surface area (Å²) < 4.78 is 51.9. The summed E-state index contributed by atoms with van der Waals surface area (Å²) in [5, 5.41) is 129. The molecule has 0 aliphatic carbocycles. The van der Waals surface area contributed by atoms with E-state index in [2.05, 4.69) is 31.9 Å². The maximum Gasteiger partial charge on any atom is 0.330 e.